The van der Waals surface area contributed by atoms with Crippen LogP contribution >= 0.6 is 0 Å². The van der Waals surface area contributed by atoms with Crippen molar-refractivity contribution in [1.29, 1.82) is 0 Å². The fourth-order valence-corrected chi connectivity index (χ4v) is 6.17. The van der Waals surface area contributed by atoms with E-state index in [1.54, 1.807) is 0 Å². The summed E-state index contributed by atoms with van der Waals surface area (Å²) in [4.78, 5) is 22.3. The zero-order chi connectivity index (χ0) is 28.7. The van der Waals surface area contributed by atoms with Crippen molar-refractivity contribution in [3.8, 4) is 5.75 Å². The Morgan fingerprint density at radius 2 is 1.85 bits per heavy atom. The van der Waals surface area contributed by atoms with E-state index in [4.69, 9.17) is 4.98 Å². The summed E-state index contributed by atoms with van der Waals surface area (Å²) in [5.41, 5.74) is 4.83. The smallest absolute Gasteiger partial charge is 0.406 e. The maximum atomic E-state index is 14.8. The monoisotopic (exact) mass is 563 g/mol. The van der Waals surface area contributed by atoms with Gasteiger partial charge in [-0.1, -0.05) is 49.4 Å². The van der Waals surface area contributed by atoms with Crippen LogP contribution in [0.15, 0.2) is 72.8 Å². The van der Waals surface area contributed by atoms with Gasteiger partial charge in [0.15, 0.2) is 0 Å². The molecular weight excluding hydrogens is 534 g/mol. The first-order valence-corrected chi connectivity index (χ1v) is 13.7. The fourth-order valence-electron chi connectivity index (χ4n) is 6.17. The van der Waals surface area contributed by atoms with Gasteiger partial charge < -0.3 is 14.5 Å². The second-order valence-corrected chi connectivity index (χ2v) is 10.8. The van der Waals surface area contributed by atoms with Gasteiger partial charge in [0.1, 0.15) is 11.6 Å². The number of halogens is 4. The Morgan fingerprint density at radius 3 is 2.63 bits per heavy atom. The fraction of sp³-hybridized carbons (Fsp3) is 0.312. The Hall–Kier alpha value is -4.14. The first kappa shape index (κ1) is 27.1. The molecule has 5 nitrogen and oxygen atoms in total. The Kier molecular flexibility index (Phi) is 7.05. The molecule has 1 amide bonds. The molecule has 0 N–H and O–H groups in total. The third kappa shape index (κ3) is 5.58. The Labute approximate surface area is 235 Å². The second-order valence-electron chi connectivity index (χ2n) is 10.8. The van der Waals surface area contributed by atoms with Crippen molar-refractivity contribution in [3.05, 3.63) is 101 Å². The molecule has 1 aromatic heterocycles. The number of hydrogen-bond acceptors (Lipinski definition) is 4. The lowest BCUT2D eigenvalue weighted by atomic mass is 9.81. The maximum absolute atomic E-state index is 14.8. The average molecular weight is 564 g/mol. The average Bonchev–Trinajstić information content (AvgIpc) is 3.26. The predicted octanol–water partition coefficient (Wildman–Crippen LogP) is 7.10. The molecule has 0 bridgehead atoms. The number of fused-ring (bicyclic) bond motifs is 2. The predicted molar refractivity (Wildman–Crippen MR) is 148 cm³/mol. The number of amides is 1. The highest BCUT2D eigenvalue weighted by molar-refractivity contribution is 6.03. The first-order chi connectivity index (χ1) is 19.7. The minimum absolute atomic E-state index is 0.00235. The van der Waals surface area contributed by atoms with Crippen molar-refractivity contribution in [2.75, 3.05) is 24.5 Å². The van der Waals surface area contributed by atoms with E-state index in [0.29, 0.717) is 50.1 Å². The van der Waals surface area contributed by atoms with Crippen molar-refractivity contribution in [1.82, 2.24) is 9.88 Å². The summed E-state index contributed by atoms with van der Waals surface area (Å²) in [5.74, 6) is -1.43. The number of rotatable bonds is 6. The number of benzene rings is 3. The van der Waals surface area contributed by atoms with Crippen LogP contribution in [0.2, 0.25) is 0 Å². The van der Waals surface area contributed by atoms with Gasteiger partial charge >= 0.3 is 6.36 Å². The number of anilines is 1. The number of para-hydroxylation sites is 1. The minimum Gasteiger partial charge on any atom is -0.406 e. The van der Waals surface area contributed by atoms with Crippen LogP contribution in [-0.2, 0) is 13.0 Å². The molecule has 2 atom stereocenters. The second kappa shape index (κ2) is 10.7. The topological polar surface area (TPSA) is 45.7 Å². The molecule has 4 aromatic rings. The Balaban J connectivity index is 1.14. The van der Waals surface area contributed by atoms with Crippen LogP contribution in [0, 0.1) is 11.7 Å². The molecule has 9 heteroatoms. The van der Waals surface area contributed by atoms with Gasteiger partial charge in [0.05, 0.1) is 11.1 Å². The van der Waals surface area contributed by atoms with E-state index in [1.165, 1.54) is 6.07 Å². The minimum atomic E-state index is -4.87. The van der Waals surface area contributed by atoms with Crippen molar-refractivity contribution in [2.45, 2.75) is 38.6 Å². The number of piperidine rings is 1. The van der Waals surface area contributed by atoms with Crippen molar-refractivity contribution >= 4 is 22.5 Å². The van der Waals surface area contributed by atoms with E-state index >= 15 is 0 Å². The zero-order valence-corrected chi connectivity index (χ0v) is 22.5. The summed E-state index contributed by atoms with van der Waals surface area (Å²) < 4.78 is 56.3. The summed E-state index contributed by atoms with van der Waals surface area (Å²) >= 11 is 0. The van der Waals surface area contributed by atoms with Gasteiger partial charge in [-0.2, -0.15) is 0 Å². The van der Waals surface area contributed by atoms with Gasteiger partial charge in [-0.05, 0) is 53.6 Å². The standard InChI is InChI=1S/C32H29F4N3O2/c1-20-18-38(16-14-25(20)26-12-11-24(17-27(26)33)41-32(34,35)36)29-8-4-6-22-19-39(31(40)30(22)29)15-13-23-10-9-21-5-2-3-7-28(21)37-23/h2-12,17,20,25H,13-16,18-19H2,1H3/t20-,25+/m1/s1. The number of hydrogen-bond donors (Lipinski definition) is 0. The molecular formula is C32H29F4N3O2. The molecule has 3 aromatic carbocycles. The van der Waals surface area contributed by atoms with Gasteiger partial charge in [0.25, 0.3) is 5.91 Å². The van der Waals surface area contributed by atoms with E-state index in [-0.39, 0.29) is 17.7 Å². The summed E-state index contributed by atoms with van der Waals surface area (Å²) in [5, 5.41) is 1.08. The Morgan fingerprint density at radius 1 is 1.02 bits per heavy atom. The lowest BCUT2D eigenvalue weighted by Gasteiger charge is -2.39. The highest BCUT2D eigenvalue weighted by atomic mass is 19.4. The van der Waals surface area contributed by atoms with Crippen LogP contribution in [0.4, 0.5) is 23.2 Å². The normalized spacial score (nSPS) is 19.1. The Bertz CT molecular complexity index is 1610. The third-order valence-corrected chi connectivity index (χ3v) is 8.14. The molecule has 2 aliphatic rings. The van der Waals surface area contributed by atoms with Crippen molar-refractivity contribution < 1.29 is 27.1 Å². The van der Waals surface area contributed by atoms with Gasteiger partial charge in [-0.25, -0.2) is 4.39 Å². The number of carbonyl (C=O) groups is 1. The molecule has 6 rings (SSSR count). The van der Waals surface area contributed by atoms with Crippen molar-refractivity contribution in [2.24, 2.45) is 5.92 Å². The van der Waals surface area contributed by atoms with Crippen LogP contribution in [0.25, 0.3) is 10.9 Å². The summed E-state index contributed by atoms with van der Waals surface area (Å²) in [6.45, 7) is 4.29. The van der Waals surface area contributed by atoms with Crippen LogP contribution in [0.5, 0.6) is 5.75 Å². The van der Waals surface area contributed by atoms with Gasteiger partial charge in [0, 0.05) is 55.4 Å². The van der Waals surface area contributed by atoms with Gasteiger partial charge in [0.2, 0.25) is 0 Å². The van der Waals surface area contributed by atoms with Gasteiger partial charge in [-0.3, -0.25) is 9.78 Å². The molecule has 41 heavy (non-hydrogen) atoms. The highest BCUT2D eigenvalue weighted by Gasteiger charge is 2.36. The SMILES string of the molecule is C[C@@H]1CN(c2cccc3c2C(=O)N(CCc2ccc4ccccc4n2)C3)CC[C@@H]1c1ccc(OC(F)(F)F)cc1F. The molecule has 1 saturated heterocycles. The largest absolute Gasteiger partial charge is 0.573 e. The molecule has 2 aliphatic heterocycles. The molecule has 1 fully saturated rings. The van der Waals surface area contributed by atoms with Crippen molar-refractivity contribution in [3.63, 3.8) is 0 Å². The quantitative estimate of drug-likeness (QED) is 0.235. The molecule has 0 aliphatic carbocycles. The molecule has 0 saturated carbocycles. The summed E-state index contributed by atoms with van der Waals surface area (Å²) in [7, 11) is 0. The zero-order valence-electron chi connectivity index (χ0n) is 22.5. The van der Waals surface area contributed by atoms with E-state index < -0.39 is 17.9 Å². The molecule has 3 heterocycles. The molecule has 0 radical (unpaired) electrons. The third-order valence-electron chi connectivity index (χ3n) is 8.14. The molecule has 0 spiro atoms. The lowest BCUT2D eigenvalue weighted by Crippen LogP contribution is -2.39. The van der Waals surface area contributed by atoms with Crippen LogP contribution < -0.4 is 9.64 Å². The first-order valence-electron chi connectivity index (χ1n) is 13.7. The number of pyridine rings is 1. The number of aromatic nitrogens is 1. The highest BCUT2D eigenvalue weighted by Crippen LogP contribution is 2.40. The molecule has 212 valence electrons. The van der Waals surface area contributed by atoms with E-state index in [0.717, 1.165) is 40.0 Å². The number of ether oxygens (including phenoxy) is 1. The van der Waals surface area contributed by atoms with E-state index in [2.05, 4.69) is 15.7 Å². The number of nitrogens with zero attached hydrogens (tertiary/aromatic N) is 3. The lowest BCUT2D eigenvalue weighted by molar-refractivity contribution is -0.274. The van der Waals surface area contributed by atoms with Gasteiger partial charge in [-0.15, -0.1) is 13.2 Å². The summed E-state index contributed by atoms with van der Waals surface area (Å²) in [6, 6.07) is 21.3. The summed E-state index contributed by atoms with van der Waals surface area (Å²) in [6.07, 6.45) is -3.61. The number of alkyl halides is 3. The van der Waals surface area contributed by atoms with Crippen LogP contribution in [0.3, 0.4) is 0 Å². The molecule has 0 unspecified atom stereocenters. The van der Waals surface area contributed by atoms with Crippen LogP contribution in [-0.4, -0.2) is 41.8 Å². The maximum Gasteiger partial charge on any atom is 0.573 e. The number of carbonyl (C=O) groups excluding carboxylic acids is 1. The van der Waals surface area contributed by atoms with E-state index in [1.807, 2.05) is 60.4 Å². The van der Waals surface area contributed by atoms with Crippen LogP contribution in [0.1, 0.15) is 46.4 Å². The van der Waals surface area contributed by atoms with E-state index in [9.17, 15) is 22.4 Å².